The van der Waals surface area contributed by atoms with Crippen LogP contribution in [-0.4, -0.2) is 0 Å². The highest BCUT2D eigenvalue weighted by molar-refractivity contribution is 6.05. The maximum absolute atomic E-state index is 3.66. The molecule has 0 radical (unpaired) electrons. The molecule has 0 aliphatic heterocycles. The molecular formula is C38H27N. The largest absolute Gasteiger partial charge is 0.355 e. The van der Waals surface area contributed by atoms with Crippen LogP contribution in [0, 0.1) is 0 Å². The SMILES string of the molecule is c1ccc(-c2ccc(-c3cccc(Nc4cccc(-c5cccc6ccccc56)c4)c3)c3ccccc23)cc1. The average molecular weight is 498 g/mol. The van der Waals surface area contributed by atoms with Crippen LogP contribution in [0.3, 0.4) is 0 Å². The molecule has 0 saturated heterocycles. The lowest BCUT2D eigenvalue weighted by molar-refractivity contribution is 1.54. The molecule has 7 aromatic rings. The number of nitrogens with one attached hydrogen (secondary N) is 1. The van der Waals surface area contributed by atoms with Crippen molar-refractivity contribution in [3.8, 4) is 33.4 Å². The summed E-state index contributed by atoms with van der Waals surface area (Å²) in [7, 11) is 0. The molecule has 1 N–H and O–H groups in total. The van der Waals surface area contributed by atoms with Gasteiger partial charge in [0.2, 0.25) is 0 Å². The van der Waals surface area contributed by atoms with Crippen molar-refractivity contribution >= 4 is 32.9 Å². The van der Waals surface area contributed by atoms with E-state index in [4.69, 9.17) is 0 Å². The van der Waals surface area contributed by atoms with Crippen molar-refractivity contribution in [3.63, 3.8) is 0 Å². The zero-order chi connectivity index (χ0) is 26.0. The molecular weight excluding hydrogens is 470 g/mol. The molecule has 0 atom stereocenters. The lowest BCUT2D eigenvalue weighted by Crippen LogP contribution is -1.92. The van der Waals surface area contributed by atoms with Crippen LogP contribution in [0.25, 0.3) is 54.9 Å². The van der Waals surface area contributed by atoms with Crippen LogP contribution < -0.4 is 5.32 Å². The molecule has 7 aromatic carbocycles. The van der Waals surface area contributed by atoms with Crippen LogP contribution in [0.5, 0.6) is 0 Å². The molecule has 0 aliphatic rings. The third-order valence-corrected chi connectivity index (χ3v) is 7.43. The Morgan fingerprint density at radius 3 is 1.44 bits per heavy atom. The van der Waals surface area contributed by atoms with Crippen LogP contribution in [0.2, 0.25) is 0 Å². The zero-order valence-corrected chi connectivity index (χ0v) is 21.5. The van der Waals surface area contributed by atoms with Crippen LogP contribution in [0.4, 0.5) is 11.4 Å². The zero-order valence-electron chi connectivity index (χ0n) is 21.5. The van der Waals surface area contributed by atoms with Gasteiger partial charge in [-0.1, -0.05) is 133 Å². The second-order valence-corrected chi connectivity index (χ2v) is 9.89. The predicted octanol–water partition coefficient (Wildman–Crippen LogP) is 10.7. The highest BCUT2D eigenvalue weighted by Gasteiger charge is 2.10. The summed E-state index contributed by atoms with van der Waals surface area (Å²) in [5.74, 6) is 0. The van der Waals surface area contributed by atoms with Crippen molar-refractivity contribution in [1.29, 1.82) is 0 Å². The van der Waals surface area contributed by atoms with Crippen LogP contribution in [0.15, 0.2) is 158 Å². The van der Waals surface area contributed by atoms with Crippen molar-refractivity contribution in [2.75, 3.05) is 5.32 Å². The Balaban J connectivity index is 1.24. The molecule has 0 amide bonds. The quantitative estimate of drug-likeness (QED) is 0.249. The molecule has 7 rings (SSSR count). The van der Waals surface area contributed by atoms with E-state index in [1.807, 2.05) is 0 Å². The van der Waals surface area contributed by atoms with Crippen molar-refractivity contribution in [2.24, 2.45) is 0 Å². The van der Waals surface area contributed by atoms with Gasteiger partial charge in [0.1, 0.15) is 0 Å². The van der Waals surface area contributed by atoms with E-state index in [-0.39, 0.29) is 0 Å². The number of fused-ring (bicyclic) bond motifs is 2. The fourth-order valence-corrected chi connectivity index (χ4v) is 5.59. The summed E-state index contributed by atoms with van der Waals surface area (Å²) in [4.78, 5) is 0. The van der Waals surface area contributed by atoms with E-state index < -0.39 is 0 Å². The van der Waals surface area contributed by atoms with E-state index in [0.29, 0.717) is 0 Å². The summed E-state index contributed by atoms with van der Waals surface area (Å²) in [6.07, 6.45) is 0. The Morgan fingerprint density at radius 2 is 0.769 bits per heavy atom. The Bertz CT molecular complexity index is 1930. The van der Waals surface area contributed by atoms with Crippen molar-refractivity contribution in [2.45, 2.75) is 0 Å². The Hall–Kier alpha value is -5.14. The van der Waals surface area contributed by atoms with Crippen LogP contribution >= 0.6 is 0 Å². The van der Waals surface area contributed by atoms with E-state index >= 15 is 0 Å². The maximum Gasteiger partial charge on any atom is 0.0390 e. The molecule has 0 aromatic heterocycles. The molecule has 0 spiro atoms. The van der Waals surface area contributed by atoms with E-state index in [2.05, 4.69) is 163 Å². The van der Waals surface area contributed by atoms with Gasteiger partial charge in [-0.25, -0.2) is 0 Å². The van der Waals surface area contributed by atoms with E-state index in [1.54, 1.807) is 0 Å². The summed E-state index contributed by atoms with van der Waals surface area (Å²) in [5.41, 5.74) is 9.52. The molecule has 184 valence electrons. The molecule has 0 saturated carbocycles. The number of hydrogen-bond donors (Lipinski definition) is 1. The molecule has 0 unspecified atom stereocenters. The summed E-state index contributed by atoms with van der Waals surface area (Å²) in [6, 6.07) is 56.3. The predicted molar refractivity (Wildman–Crippen MR) is 167 cm³/mol. The molecule has 0 heterocycles. The first-order valence-corrected chi connectivity index (χ1v) is 13.4. The van der Waals surface area contributed by atoms with Gasteiger partial charge in [-0.3, -0.25) is 0 Å². The first-order chi connectivity index (χ1) is 19.3. The van der Waals surface area contributed by atoms with Gasteiger partial charge in [-0.2, -0.15) is 0 Å². The van der Waals surface area contributed by atoms with Gasteiger partial charge in [0.15, 0.2) is 0 Å². The van der Waals surface area contributed by atoms with Gasteiger partial charge >= 0.3 is 0 Å². The fraction of sp³-hybridized carbons (Fsp3) is 0. The van der Waals surface area contributed by atoms with Crippen LogP contribution in [-0.2, 0) is 0 Å². The molecule has 1 nitrogen and oxygen atoms in total. The highest BCUT2D eigenvalue weighted by Crippen LogP contribution is 2.37. The minimum Gasteiger partial charge on any atom is -0.355 e. The minimum atomic E-state index is 1.07. The lowest BCUT2D eigenvalue weighted by atomic mass is 9.92. The van der Waals surface area contributed by atoms with Crippen LogP contribution in [0.1, 0.15) is 0 Å². The lowest BCUT2D eigenvalue weighted by Gasteiger charge is -2.14. The summed E-state index contributed by atoms with van der Waals surface area (Å²) in [6.45, 7) is 0. The number of hydrogen-bond acceptors (Lipinski definition) is 1. The summed E-state index contributed by atoms with van der Waals surface area (Å²) in [5, 5.41) is 8.71. The topological polar surface area (TPSA) is 12.0 Å². The monoisotopic (exact) mass is 497 g/mol. The van der Waals surface area contributed by atoms with Crippen molar-refractivity contribution in [1.82, 2.24) is 0 Å². The third kappa shape index (κ3) is 4.45. The second kappa shape index (κ2) is 9.96. The standard InChI is InChI=1S/C38H27N/c1-2-11-27(12-3-1)35-23-24-36(38-21-7-6-20-37(35)38)30-16-9-18-32(26-30)39-31-17-8-15-29(25-31)34-22-10-14-28-13-4-5-19-33(28)34/h1-26,39H. The average Bonchev–Trinajstić information content (AvgIpc) is 3.01. The van der Waals surface area contributed by atoms with Crippen molar-refractivity contribution in [3.05, 3.63) is 158 Å². The molecule has 0 fully saturated rings. The molecule has 0 aliphatic carbocycles. The fourth-order valence-electron chi connectivity index (χ4n) is 5.59. The third-order valence-electron chi connectivity index (χ3n) is 7.43. The molecule has 1 heteroatoms. The van der Waals surface area contributed by atoms with E-state index in [0.717, 1.165) is 11.4 Å². The van der Waals surface area contributed by atoms with Gasteiger partial charge in [-0.05, 0) is 79.2 Å². The second-order valence-electron chi connectivity index (χ2n) is 9.89. The Morgan fingerprint density at radius 1 is 0.308 bits per heavy atom. The molecule has 39 heavy (non-hydrogen) atoms. The van der Waals surface area contributed by atoms with Crippen molar-refractivity contribution < 1.29 is 0 Å². The number of anilines is 2. The van der Waals surface area contributed by atoms with Gasteiger partial charge in [0.25, 0.3) is 0 Å². The Kier molecular flexibility index (Phi) is 5.88. The van der Waals surface area contributed by atoms with Gasteiger partial charge < -0.3 is 5.32 Å². The maximum atomic E-state index is 3.66. The normalized spacial score (nSPS) is 11.1. The summed E-state index contributed by atoms with van der Waals surface area (Å²) < 4.78 is 0. The van der Waals surface area contributed by atoms with E-state index in [1.165, 1.54) is 54.9 Å². The molecule has 0 bridgehead atoms. The van der Waals surface area contributed by atoms with Gasteiger partial charge in [-0.15, -0.1) is 0 Å². The first kappa shape index (κ1) is 23.0. The van der Waals surface area contributed by atoms with Gasteiger partial charge in [0, 0.05) is 11.4 Å². The smallest absolute Gasteiger partial charge is 0.0390 e. The highest BCUT2D eigenvalue weighted by atomic mass is 14.9. The number of rotatable bonds is 5. The minimum absolute atomic E-state index is 1.07. The first-order valence-electron chi connectivity index (χ1n) is 13.4. The van der Waals surface area contributed by atoms with Gasteiger partial charge in [0.05, 0.1) is 0 Å². The number of benzene rings is 7. The summed E-state index contributed by atoms with van der Waals surface area (Å²) >= 11 is 0. The Labute approximate surface area is 229 Å². The van der Waals surface area contributed by atoms with E-state index in [9.17, 15) is 0 Å².